The van der Waals surface area contributed by atoms with Gasteiger partial charge in [0.2, 0.25) is 0 Å². The van der Waals surface area contributed by atoms with Crippen molar-refractivity contribution in [2.75, 3.05) is 6.61 Å². The van der Waals surface area contributed by atoms with Crippen LogP contribution in [0.5, 0.6) is 11.5 Å². The minimum Gasteiger partial charge on any atom is -0.483 e. The van der Waals surface area contributed by atoms with Crippen LogP contribution >= 0.6 is 0 Å². The standard InChI is InChI=1S/C19H24N4O4/c1-12-8-13(2)23(22-12)10-16(24)20-21-17(25)11-26-15-7-5-6-14-9-19(3,4)27-18(14)15/h5-8H,9-11H2,1-4H3,(H,20,24)(H,21,25). The lowest BCUT2D eigenvalue weighted by molar-refractivity contribution is -0.130. The maximum atomic E-state index is 12.0. The normalized spacial score (nSPS) is 14.2. The molecule has 8 nitrogen and oxygen atoms in total. The second kappa shape index (κ2) is 7.30. The van der Waals surface area contributed by atoms with Crippen molar-refractivity contribution in [2.24, 2.45) is 0 Å². The predicted octanol–water partition coefficient (Wildman–Crippen LogP) is 1.44. The third-order valence-corrected chi connectivity index (χ3v) is 4.15. The molecule has 2 heterocycles. The molecule has 8 heteroatoms. The van der Waals surface area contributed by atoms with E-state index in [2.05, 4.69) is 16.0 Å². The van der Waals surface area contributed by atoms with Gasteiger partial charge >= 0.3 is 0 Å². The third-order valence-electron chi connectivity index (χ3n) is 4.15. The number of hydrazine groups is 1. The van der Waals surface area contributed by atoms with Crippen LogP contribution in [0.25, 0.3) is 0 Å². The van der Waals surface area contributed by atoms with E-state index < -0.39 is 5.91 Å². The van der Waals surface area contributed by atoms with Gasteiger partial charge in [0.05, 0.1) is 5.69 Å². The Morgan fingerprint density at radius 3 is 2.70 bits per heavy atom. The van der Waals surface area contributed by atoms with Crippen LogP contribution in [0.15, 0.2) is 24.3 Å². The molecule has 0 saturated carbocycles. The molecule has 1 aliphatic heterocycles. The summed E-state index contributed by atoms with van der Waals surface area (Å²) >= 11 is 0. The largest absolute Gasteiger partial charge is 0.483 e. The van der Waals surface area contributed by atoms with Crippen molar-refractivity contribution in [3.8, 4) is 11.5 Å². The minimum atomic E-state index is -0.466. The highest BCUT2D eigenvalue weighted by Crippen LogP contribution is 2.41. The third kappa shape index (κ3) is 4.58. The summed E-state index contributed by atoms with van der Waals surface area (Å²) < 4.78 is 13.0. The van der Waals surface area contributed by atoms with Crippen molar-refractivity contribution < 1.29 is 19.1 Å². The van der Waals surface area contributed by atoms with Crippen LogP contribution in [-0.4, -0.2) is 33.8 Å². The molecule has 0 radical (unpaired) electrons. The first kappa shape index (κ1) is 18.8. The smallest absolute Gasteiger partial charge is 0.276 e. The molecular formula is C19H24N4O4. The average molecular weight is 372 g/mol. The van der Waals surface area contributed by atoms with Gasteiger partial charge in [-0.1, -0.05) is 12.1 Å². The van der Waals surface area contributed by atoms with Crippen LogP contribution < -0.4 is 20.3 Å². The molecule has 3 rings (SSSR count). The van der Waals surface area contributed by atoms with E-state index in [1.165, 1.54) is 0 Å². The molecule has 2 amide bonds. The van der Waals surface area contributed by atoms with Crippen LogP contribution in [0.2, 0.25) is 0 Å². The maximum Gasteiger partial charge on any atom is 0.276 e. The average Bonchev–Trinajstić information content (AvgIpc) is 3.07. The first-order valence-electron chi connectivity index (χ1n) is 8.76. The number of aryl methyl sites for hydroxylation is 2. The zero-order chi connectivity index (χ0) is 19.6. The van der Waals surface area contributed by atoms with Crippen LogP contribution in [-0.2, 0) is 22.6 Å². The Kier molecular flexibility index (Phi) is 5.07. The summed E-state index contributed by atoms with van der Waals surface area (Å²) in [7, 11) is 0. The Labute approximate surface area is 157 Å². The lowest BCUT2D eigenvalue weighted by Crippen LogP contribution is -2.45. The maximum absolute atomic E-state index is 12.0. The molecule has 0 bridgehead atoms. The molecule has 1 aromatic carbocycles. The number of hydrogen-bond acceptors (Lipinski definition) is 5. The molecular weight excluding hydrogens is 348 g/mol. The number of benzene rings is 1. The summed E-state index contributed by atoms with van der Waals surface area (Å²) in [5, 5.41) is 4.20. The van der Waals surface area contributed by atoms with Crippen molar-refractivity contribution in [2.45, 2.75) is 46.3 Å². The van der Waals surface area contributed by atoms with E-state index in [9.17, 15) is 9.59 Å². The Morgan fingerprint density at radius 1 is 1.26 bits per heavy atom. The molecule has 0 aliphatic carbocycles. The molecule has 0 atom stereocenters. The molecule has 2 N–H and O–H groups in total. The second-order valence-corrected chi connectivity index (χ2v) is 7.25. The monoisotopic (exact) mass is 372 g/mol. The van der Waals surface area contributed by atoms with E-state index in [1.54, 1.807) is 10.7 Å². The van der Waals surface area contributed by atoms with Crippen LogP contribution in [0, 0.1) is 13.8 Å². The van der Waals surface area contributed by atoms with Gasteiger partial charge in [-0.05, 0) is 39.8 Å². The van der Waals surface area contributed by atoms with Crippen molar-refractivity contribution in [1.82, 2.24) is 20.6 Å². The zero-order valence-corrected chi connectivity index (χ0v) is 16.0. The van der Waals surface area contributed by atoms with Crippen LogP contribution in [0.4, 0.5) is 0 Å². The molecule has 1 aliphatic rings. The van der Waals surface area contributed by atoms with Gasteiger partial charge < -0.3 is 9.47 Å². The van der Waals surface area contributed by atoms with Gasteiger partial charge in [-0.3, -0.25) is 25.1 Å². The Bertz CT molecular complexity index is 873. The number of amides is 2. The summed E-state index contributed by atoms with van der Waals surface area (Å²) in [6.07, 6.45) is 0.786. The Morgan fingerprint density at radius 2 is 2.00 bits per heavy atom. The minimum absolute atomic E-state index is 0.0237. The molecule has 0 unspecified atom stereocenters. The number of carbonyl (C=O) groups excluding carboxylic acids is 2. The molecule has 0 fully saturated rings. The van der Waals surface area contributed by atoms with Crippen LogP contribution in [0.3, 0.4) is 0 Å². The molecule has 0 saturated heterocycles. The number of nitrogens with zero attached hydrogens (tertiary/aromatic N) is 2. The van der Waals surface area contributed by atoms with Crippen LogP contribution in [0.1, 0.15) is 30.8 Å². The number of fused-ring (bicyclic) bond motifs is 1. The van der Waals surface area contributed by atoms with Crippen molar-refractivity contribution in [1.29, 1.82) is 0 Å². The molecule has 1 aromatic heterocycles. The van der Waals surface area contributed by atoms with E-state index in [1.807, 2.05) is 45.9 Å². The number of rotatable bonds is 5. The van der Waals surface area contributed by atoms with E-state index in [0.717, 1.165) is 23.4 Å². The lowest BCUT2D eigenvalue weighted by Gasteiger charge is -2.18. The fourth-order valence-corrected chi connectivity index (χ4v) is 3.03. The topological polar surface area (TPSA) is 94.5 Å². The highest BCUT2D eigenvalue weighted by molar-refractivity contribution is 5.82. The Hall–Kier alpha value is -3.03. The first-order chi connectivity index (χ1) is 12.7. The summed E-state index contributed by atoms with van der Waals surface area (Å²) in [4.78, 5) is 23.9. The highest BCUT2D eigenvalue weighted by Gasteiger charge is 2.32. The van der Waals surface area contributed by atoms with Gasteiger partial charge in [-0.25, -0.2) is 0 Å². The van der Waals surface area contributed by atoms with Gasteiger partial charge in [-0.2, -0.15) is 5.10 Å². The van der Waals surface area contributed by atoms with Gasteiger partial charge in [0.1, 0.15) is 12.1 Å². The van der Waals surface area contributed by atoms with E-state index in [4.69, 9.17) is 9.47 Å². The molecule has 0 spiro atoms. The van der Waals surface area contributed by atoms with Gasteiger partial charge in [-0.15, -0.1) is 0 Å². The van der Waals surface area contributed by atoms with Crippen molar-refractivity contribution in [3.05, 3.63) is 41.2 Å². The van der Waals surface area contributed by atoms with Crippen molar-refractivity contribution in [3.63, 3.8) is 0 Å². The zero-order valence-electron chi connectivity index (χ0n) is 16.0. The molecule has 144 valence electrons. The molecule has 2 aromatic rings. The highest BCUT2D eigenvalue weighted by atomic mass is 16.5. The fraction of sp³-hybridized carbons (Fsp3) is 0.421. The fourth-order valence-electron chi connectivity index (χ4n) is 3.03. The number of nitrogens with one attached hydrogen (secondary N) is 2. The Balaban J connectivity index is 1.48. The van der Waals surface area contributed by atoms with E-state index >= 15 is 0 Å². The molecule has 27 heavy (non-hydrogen) atoms. The van der Waals surface area contributed by atoms with Gasteiger partial charge in [0.15, 0.2) is 18.1 Å². The summed E-state index contributed by atoms with van der Waals surface area (Å²) in [6, 6.07) is 7.49. The van der Waals surface area contributed by atoms with Gasteiger partial charge in [0, 0.05) is 17.7 Å². The summed E-state index contributed by atoms with van der Waals surface area (Å²) in [5.41, 5.74) is 7.16. The lowest BCUT2D eigenvalue weighted by atomic mass is 10.0. The van der Waals surface area contributed by atoms with E-state index in [-0.39, 0.29) is 24.7 Å². The first-order valence-corrected chi connectivity index (χ1v) is 8.76. The summed E-state index contributed by atoms with van der Waals surface area (Å²) in [5.74, 6) is 0.345. The number of carbonyl (C=O) groups is 2. The predicted molar refractivity (Wildman–Crippen MR) is 98.3 cm³/mol. The summed E-state index contributed by atoms with van der Waals surface area (Å²) in [6.45, 7) is 7.51. The number of aromatic nitrogens is 2. The van der Waals surface area contributed by atoms with Crippen molar-refractivity contribution >= 4 is 11.8 Å². The quantitative estimate of drug-likeness (QED) is 0.775. The number of para-hydroxylation sites is 1. The van der Waals surface area contributed by atoms with Gasteiger partial charge in [0.25, 0.3) is 11.8 Å². The second-order valence-electron chi connectivity index (χ2n) is 7.25. The SMILES string of the molecule is Cc1cc(C)n(CC(=O)NNC(=O)COc2cccc3c2OC(C)(C)C3)n1. The number of hydrogen-bond donors (Lipinski definition) is 2. The number of ether oxygens (including phenoxy) is 2. The van der Waals surface area contributed by atoms with E-state index in [0.29, 0.717) is 11.5 Å².